The van der Waals surface area contributed by atoms with E-state index in [2.05, 4.69) is 27.1 Å². The van der Waals surface area contributed by atoms with Gasteiger partial charge >= 0.3 is 0 Å². The van der Waals surface area contributed by atoms with Crippen molar-refractivity contribution >= 4 is 17.8 Å². The maximum Gasteiger partial charge on any atom is 0.232 e. The Kier molecular flexibility index (Phi) is 7.07. The van der Waals surface area contributed by atoms with E-state index in [-0.39, 0.29) is 24.2 Å². The molecule has 1 aromatic heterocycles. The topological polar surface area (TPSA) is 164 Å². The smallest absolute Gasteiger partial charge is 0.232 e. The van der Waals surface area contributed by atoms with Gasteiger partial charge in [-0.1, -0.05) is 0 Å². The molecule has 11 nitrogen and oxygen atoms in total. The van der Waals surface area contributed by atoms with Crippen LogP contribution in [0.1, 0.15) is 32.1 Å². The summed E-state index contributed by atoms with van der Waals surface area (Å²) in [6.07, 6.45) is 5.20. The Hall–Kier alpha value is -1.79. The van der Waals surface area contributed by atoms with E-state index in [9.17, 15) is 0 Å². The summed E-state index contributed by atoms with van der Waals surface area (Å²) >= 11 is 0. The largest absolute Gasteiger partial charge is 0.354 e. The average Bonchev–Trinajstić information content (AvgIpc) is 3.11. The molecule has 0 saturated carbocycles. The molecule has 5 atom stereocenters. The Morgan fingerprint density at radius 2 is 1.35 bits per heavy atom. The SMILES string of the molecule is CN1CCCC1CCNc1nc(N2CC(N)CC(N)C2)nc(N2CC(N)CC(N)C2)n1. The van der Waals surface area contributed by atoms with Crippen molar-refractivity contribution in [3.8, 4) is 0 Å². The van der Waals surface area contributed by atoms with Gasteiger partial charge in [-0.3, -0.25) is 0 Å². The van der Waals surface area contributed by atoms with Gasteiger partial charge < -0.3 is 43.0 Å². The molecule has 4 heterocycles. The first-order valence-electron chi connectivity index (χ1n) is 11.6. The fourth-order valence-electron chi connectivity index (χ4n) is 5.09. The molecule has 9 N–H and O–H groups in total. The van der Waals surface area contributed by atoms with E-state index >= 15 is 0 Å². The molecule has 31 heavy (non-hydrogen) atoms. The first kappa shape index (κ1) is 22.4. The number of nitrogens with two attached hydrogens (primary N) is 4. The predicted molar refractivity (Wildman–Crippen MR) is 124 cm³/mol. The average molecular weight is 434 g/mol. The summed E-state index contributed by atoms with van der Waals surface area (Å²) in [7, 11) is 2.20. The predicted octanol–water partition coefficient (Wildman–Crippen LogP) is -1.50. The molecule has 0 amide bonds. The number of nitrogens with one attached hydrogen (secondary N) is 1. The lowest BCUT2D eigenvalue weighted by atomic mass is 10.0. The van der Waals surface area contributed by atoms with E-state index in [1.54, 1.807) is 0 Å². The van der Waals surface area contributed by atoms with Gasteiger partial charge in [-0.25, -0.2) is 0 Å². The molecule has 3 aliphatic rings. The molecular formula is C20H39N11. The lowest BCUT2D eigenvalue weighted by molar-refractivity contribution is 0.301. The Bertz CT molecular complexity index is 667. The van der Waals surface area contributed by atoms with Gasteiger partial charge in [0.15, 0.2) is 0 Å². The van der Waals surface area contributed by atoms with Gasteiger partial charge in [-0.05, 0) is 45.7 Å². The maximum absolute atomic E-state index is 6.21. The van der Waals surface area contributed by atoms with Crippen molar-refractivity contribution in [1.29, 1.82) is 0 Å². The Balaban J connectivity index is 1.52. The van der Waals surface area contributed by atoms with Gasteiger partial charge in [0.05, 0.1) is 0 Å². The van der Waals surface area contributed by atoms with Gasteiger partial charge in [0, 0.05) is 62.9 Å². The Labute approximate surface area is 184 Å². The lowest BCUT2D eigenvalue weighted by Crippen LogP contribution is -2.54. The Morgan fingerprint density at radius 1 is 0.839 bits per heavy atom. The molecular weight excluding hydrogens is 394 g/mol. The summed E-state index contributed by atoms with van der Waals surface area (Å²) in [6, 6.07) is 0.653. The van der Waals surface area contributed by atoms with Gasteiger partial charge in [0.1, 0.15) is 0 Å². The molecule has 0 spiro atoms. The minimum Gasteiger partial charge on any atom is -0.354 e. The van der Waals surface area contributed by atoms with Crippen LogP contribution in [0.3, 0.4) is 0 Å². The molecule has 0 bridgehead atoms. The molecule has 11 heteroatoms. The molecule has 0 radical (unpaired) electrons. The monoisotopic (exact) mass is 433 g/mol. The van der Waals surface area contributed by atoms with E-state index in [0.717, 1.165) is 25.8 Å². The second-order valence-corrected chi connectivity index (χ2v) is 9.57. The fourth-order valence-corrected chi connectivity index (χ4v) is 5.09. The number of piperidine rings is 2. The number of rotatable bonds is 6. The van der Waals surface area contributed by atoms with Gasteiger partial charge in [-0.15, -0.1) is 0 Å². The number of nitrogens with zero attached hydrogens (tertiary/aromatic N) is 6. The quantitative estimate of drug-likeness (QED) is 0.354. The lowest BCUT2D eigenvalue weighted by Gasteiger charge is -2.37. The number of likely N-dealkylation sites (tertiary alicyclic amines) is 1. The van der Waals surface area contributed by atoms with Crippen LogP contribution in [0, 0.1) is 0 Å². The number of hydrogen-bond donors (Lipinski definition) is 5. The Morgan fingerprint density at radius 3 is 1.81 bits per heavy atom. The standard InChI is InChI=1S/C20H39N11/c1-29-6-2-3-17(29)4-5-25-18-26-19(30-9-13(21)7-14(22)10-30)28-20(27-18)31-11-15(23)8-16(24)12-31/h13-17H,2-12,21-24H2,1H3,(H,25,26,27,28). The normalized spacial score (nSPS) is 32.5. The van der Waals surface area contributed by atoms with E-state index in [1.165, 1.54) is 19.4 Å². The highest BCUT2D eigenvalue weighted by atomic mass is 15.4. The van der Waals surface area contributed by atoms with Crippen LogP contribution < -0.4 is 38.1 Å². The molecule has 3 saturated heterocycles. The molecule has 0 aromatic carbocycles. The summed E-state index contributed by atoms with van der Waals surface area (Å²) in [5, 5.41) is 3.43. The van der Waals surface area contributed by atoms with Crippen molar-refractivity contribution < 1.29 is 0 Å². The molecule has 3 aliphatic heterocycles. The zero-order chi connectivity index (χ0) is 22.0. The van der Waals surface area contributed by atoms with Crippen molar-refractivity contribution in [1.82, 2.24) is 19.9 Å². The molecule has 1 aromatic rings. The zero-order valence-corrected chi connectivity index (χ0v) is 18.7. The number of aromatic nitrogens is 3. The van der Waals surface area contributed by atoms with Crippen molar-refractivity contribution in [3.63, 3.8) is 0 Å². The molecule has 0 aliphatic carbocycles. The van der Waals surface area contributed by atoms with Gasteiger partial charge in [0.2, 0.25) is 17.8 Å². The second-order valence-electron chi connectivity index (χ2n) is 9.57. The maximum atomic E-state index is 6.21. The third kappa shape index (κ3) is 5.72. The third-order valence-electron chi connectivity index (χ3n) is 6.64. The van der Waals surface area contributed by atoms with Crippen molar-refractivity contribution in [2.75, 3.05) is 61.4 Å². The minimum atomic E-state index is 0.00936. The van der Waals surface area contributed by atoms with Crippen LogP contribution in [-0.4, -0.2) is 96.4 Å². The summed E-state index contributed by atoms with van der Waals surface area (Å²) in [5.74, 6) is 1.81. The van der Waals surface area contributed by atoms with Crippen LogP contribution in [0.25, 0.3) is 0 Å². The van der Waals surface area contributed by atoms with Crippen LogP contribution in [0.4, 0.5) is 17.8 Å². The van der Waals surface area contributed by atoms with E-state index in [4.69, 9.17) is 37.9 Å². The molecule has 174 valence electrons. The number of hydrogen-bond acceptors (Lipinski definition) is 11. The summed E-state index contributed by atoms with van der Waals surface area (Å²) in [5.41, 5.74) is 24.9. The zero-order valence-electron chi connectivity index (χ0n) is 18.7. The number of anilines is 3. The minimum absolute atomic E-state index is 0.00936. The van der Waals surface area contributed by atoms with Crippen molar-refractivity contribution in [2.45, 2.75) is 62.3 Å². The van der Waals surface area contributed by atoms with Crippen LogP contribution in [0.5, 0.6) is 0 Å². The van der Waals surface area contributed by atoms with Crippen LogP contribution in [-0.2, 0) is 0 Å². The summed E-state index contributed by atoms with van der Waals surface area (Å²) in [4.78, 5) is 20.8. The van der Waals surface area contributed by atoms with E-state index in [0.29, 0.717) is 50.1 Å². The first-order chi connectivity index (χ1) is 14.9. The first-order valence-corrected chi connectivity index (χ1v) is 11.6. The van der Waals surface area contributed by atoms with Crippen LogP contribution in [0.2, 0.25) is 0 Å². The summed E-state index contributed by atoms with van der Waals surface area (Å²) in [6.45, 7) is 4.72. The van der Waals surface area contributed by atoms with Crippen molar-refractivity contribution in [2.24, 2.45) is 22.9 Å². The third-order valence-corrected chi connectivity index (χ3v) is 6.64. The van der Waals surface area contributed by atoms with Gasteiger partial charge in [-0.2, -0.15) is 15.0 Å². The second kappa shape index (κ2) is 9.78. The van der Waals surface area contributed by atoms with E-state index in [1.807, 2.05) is 0 Å². The fraction of sp³-hybridized carbons (Fsp3) is 0.850. The molecule has 5 unspecified atom stereocenters. The molecule has 4 rings (SSSR count). The summed E-state index contributed by atoms with van der Waals surface area (Å²) < 4.78 is 0. The van der Waals surface area contributed by atoms with Crippen LogP contribution >= 0.6 is 0 Å². The highest BCUT2D eigenvalue weighted by Gasteiger charge is 2.29. The van der Waals surface area contributed by atoms with E-state index < -0.39 is 0 Å². The highest BCUT2D eigenvalue weighted by molar-refractivity contribution is 5.46. The highest BCUT2D eigenvalue weighted by Crippen LogP contribution is 2.23. The van der Waals surface area contributed by atoms with Crippen LogP contribution in [0.15, 0.2) is 0 Å². The van der Waals surface area contributed by atoms with Crippen molar-refractivity contribution in [3.05, 3.63) is 0 Å². The molecule has 3 fully saturated rings. The van der Waals surface area contributed by atoms with Gasteiger partial charge in [0.25, 0.3) is 0 Å².